The molecule has 0 aliphatic rings. The molecule has 6 heteroatoms. The summed E-state index contributed by atoms with van der Waals surface area (Å²) in [6.45, 7) is 1.80. The number of hydrogen-bond acceptors (Lipinski definition) is 4. The van der Waals surface area contributed by atoms with Crippen molar-refractivity contribution >= 4 is 21.4 Å². The molecule has 84 valence electrons. The summed E-state index contributed by atoms with van der Waals surface area (Å²) in [6.07, 6.45) is 0.874. The number of ether oxygens (including phenoxy) is 1. The predicted molar refractivity (Wildman–Crippen MR) is 57.8 cm³/mol. The molecule has 0 amide bonds. The average Bonchev–Trinajstić information content (AvgIpc) is 2.14. The SMILES string of the molecule is CO[C@H](C)c1cc(Cl)nc(S(C)(=O)=O)c1. The third kappa shape index (κ3) is 3.15. The first-order chi connectivity index (χ1) is 6.84. The van der Waals surface area contributed by atoms with Crippen LogP contribution in [0.3, 0.4) is 0 Å². The molecule has 0 radical (unpaired) electrons. The van der Waals surface area contributed by atoms with Crippen LogP contribution in [-0.2, 0) is 14.6 Å². The van der Waals surface area contributed by atoms with Crippen molar-refractivity contribution in [2.75, 3.05) is 13.4 Å². The standard InChI is InChI=1S/C9H12ClNO3S/c1-6(14-2)7-4-8(10)11-9(5-7)15(3,12)13/h4-6H,1-3H3/t6-/m1/s1. The zero-order valence-electron chi connectivity index (χ0n) is 8.69. The lowest BCUT2D eigenvalue weighted by atomic mass is 10.2. The highest BCUT2D eigenvalue weighted by atomic mass is 35.5. The number of pyridine rings is 1. The van der Waals surface area contributed by atoms with E-state index >= 15 is 0 Å². The van der Waals surface area contributed by atoms with Crippen molar-refractivity contribution in [3.8, 4) is 0 Å². The number of hydrogen-bond donors (Lipinski definition) is 0. The Bertz CT molecular complexity index is 458. The number of methoxy groups -OCH3 is 1. The first-order valence-electron chi connectivity index (χ1n) is 4.25. The molecule has 1 aromatic heterocycles. The maximum atomic E-state index is 11.3. The quantitative estimate of drug-likeness (QED) is 0.767. The van der Waals surface area contributed by atoms with Gasteiger partial charge in [0.05, 0.1) is 6.10 Å². The van der Waals surface area contributed by atoms with E-state index in [-0.39, 0.29) is 16.3 Å². The van der Waals surface area contributed by atoms with E-state index < -0.39 is 9.84 Å². The largest absolute Gasteiger partial charge is 0.377 e. The Morgan fingerprint density at radius 1 is 1.47 bits per heavy atom. The Labute approximate surface area is 94.2 Å². The normalized spacial score (nSPS) is 13.9. The first kappa shape index (κ1) is 12.4. The van der Waals surface area contributed by atoms with E-state index in [2.05, 4.69) is 4.98 Å². The molecule has 0 saturated heterocycles. The van der Waals surface area contributed by atoms with Crippen LogP contribution in [0.1, 0.15) is 18.6 Å². The summed E-state index contributed by atoms with van der Waals surface area (Å²) in [7, 11) is -1.80. The third-order valence-electron chi connectivity index (χ3n) is 2.00. The van der Waals surface area contributed by atoms with Gasteiger partial charge in [0, 0.05) is 13.4 Å². The molecule has 0 aromatic carbocycles. The van der Waals surface area contributed by atoms with Crippen LogP contribution in [0.4, 0.5) is 0 Å². The van der Waals surface area contributed by atoms with Gasteiger partial charge in [-0.2, -0.15) is 0 Å². The van der Waals surface area contributed by atoms with Crippen molar-refractivity contribution in [1.82, 2.24) is 4.98 Å². The lowest BCUT2D eigenvalue weighted by Crippen LogP contribution is -2.04. The molecule has 0 saturated carbocycles. The number of halogens is 1. The maximum absolute atomic E-state index is 11.3. The smallest absolute Gasteiger partial charge is 0.192 e. The average molecular weight is 250 g/mol. The molecule has 0 N–H and O–H groups in total. The lowest BCUT2D eigenvalue weighted by Gasteiger charge is -2.10. The molecule has 1 aromatic rings. The molecule has 1 heterocycles. The summed E-state index contributed by atoms with van der Waals surface area (Å²) in [4.78, 5) is 3.74. The fourth-order valence-corrected chi connectivity index (χ4v) is 1.93. The Morgan fingerprint density at radius 2 is 2.07 bits per heavy atom. The Hall–Kier alpha value is -0.650. The van der Waals surface area contributed by atoms with Crippen molar-refractivity contribution in [1.29, 1.82) is 0 Å². The first-order valence-corrected chi connectivity index (χ1v) is 6.52. The van der Waals surface area contributed by atoms with Gasteiger partial charge in [-0.3, -0.25) is 0 Å². The van der Waals surface area contributed by atoms with Crippen molar-refractivity contribution in [3.63, 3.8) is 0 Å². The second kappa shape index (κ2) is 4.47. The molecule has 0 spiro atoms. The molecule has 4 nitrogen and oxygen atoms in total. The van der Waals surface area contributed by atoms with E-state index in [4.69, 9.17) is 16.3 Å². The van der Waals surface area contributed by atoms with E-state index in [1.54, 1.807) is 20.1 Å². The summed E-state index contributed by atoms with van der Waals surface area (Å²) >= 11 is 5.73. The van der Waals surface area contributed by atoms with E-state index in [0.717, 1.165) is 6.26 Å². The van der Waals surface area contributed by atoms with Gasteiger partial charge in [-0.05, 0) is 24.6 Å². The molecular formula is C9H12ClNO3S. The number of sulfone groups is 1. The molecule has 0 fully saturated rings. The van der Waals surface area contributed by atoms with Crippen LogP contribution < -0.4 is 0 Å². The number of rotatable bonds is 3. The minimum absolute atomic E-state index is 0.0334. The maximum Gasteiger partial charge on any atom is 0.192 e. The van der Waals surface area contributed by atoms with Gasteiger partial charge in [-0.25, -0.2) is 13.4 Å². The number of aromatic nitrogens is 1. The van der Waals surface area contributed by atoms with Crippen LogP contribution in [0.2, 0.25) is 5.15 Å². The van der Waals surface area contributed by atoms with Gasteiger partial charge in [0.2, 0.25) is 0 Å². The van der Waals surface area contributed by atoms with Crippen LogP contribution in [0.25, 0.3) is 0 Å². The second-order valence-electron chi connectivity index (χ2n) is 3.21. The van der Waals surface area contributed by atoms with Gasteiger partial charge >= 0.3 is 0 Å². The van der Waals surface area contributed by atoms with Crippen molar-refractivity contribution in [3.05, 3.63) is 22.8 Å². The second-order valence-corrected chi connectivity index (χ2v) is 5.56. The summed E-state index contributed by atoms with van der Waals surface area (Å²) in [6, 6.07) is 3.06. The van der Waals surface area contributed by atoms with Gasteiger partial charge < -0.3 is 4.74 Å². The zero-order chi connectivity index (χ0) is 11.6. The lowest BCUT2D eigenvalue weighted by molar-refractivity contribution is 0.119. The van der Waals surface area contributed by atoms with Crippen LogP contribution in [0.15, 0.2) is 17.2 Å². The number of nitrogens with zero attached hydrogens (tertiary/aromatic N) is 1. The van der Waals surface area contributed by atoms with Gasteiger partial charge in [0.25, 0.3) is 0 Å². The van der Waals surface area contributed by atoms with E-state index in [9.17, 15) is 8.42 Å². The van der Waals surface area contributed by atoms with Crippen LogP contribution in [0, 0.1) is 0 Å². The zero-order valence-corrected chi connectivity index (χ0v) is 10.3. The molecule has 0 aliphatic heterocycles. The summed E-state index contributed by atoms with van der Waals surface area (Å²) in [5.74, 6) is 0. The molecular weight excluding hydrogens is 238 g/mol. The molecule has 0 bridgehead atoms. The summed E-state index contributed by atoms with van der Waals surface area (Å²) < 4.78 is 27.7. The summed E-state index contributed by atoms with van der Waals surface area (Å²) in [5, 5.41) is 0.116. The van der Waals surface area contributed by atoms with Gasteiger partial charge in [0.15, 0.2) is 14.9 Å². The van der Waals surface area contributed by atoms with Crippen molar-refractivity contribution in [2.24, 2.45) is 0 Å². The van der Waals surface area contributed by atoms with Crippen LogP contribution in [-0.4, -0.2) is 26.8 Å². The molecule has 15 heavy (non-hydrogen) atoms. The van der Waals surface area contributed by atoms with Crippen LogP contribution >= 0.6 is 11.6 Å². The third-order valence-corrected chi connectivity index (χ3v) is 3.16. The van der Waals surface area contributed by atoms with Gasteiger partial charge in [-0.15, -0.1) is 0 Å². The summed E-state index contributed by atoms with van der Waals surface area (Å²) in [5.41, 5.74) is 0.693. The highest BCUT2D eigenvalue weighted by Crippen LogP contribution is 2.21. The molecule has 0 unspecified atom stereocenters. The highest BCUT2D eigenvalue weighted by molar-refractivity contribution is 7.90. The van der Waals surface area contributed by atoms with Crippen molar-refractivity contribution < 1.29 is 13.2 Å². The fraction of sp³-hybridized carbons (Fsp3) is 0.444. The molecule has 0 aliphatic carbocycles. The monoisotopic (exact) mass is 249 g/mol. The van der Waals surface area contributed by atoms with E-state index in [1.807, 2.05) is 0 Å². The fourth-order valence-electron chi connectivity index (χ4n) is 1.05. The minimum Gasteiger partial charge on any atom is -0.377 e. The van der Waals surface area contributed by atoms with E-state index in [1.165, 1.54) is 6.07 Å². The molecule has 1 rings (SSSR count). The predicted octanol–water partition coefficient (Wildman–Crippen LogP) is 1.85. The highest BCUT2D eigenvalue weighted by Gasteiger charge is 2.14. The Kier molecular flexibility index (Phi) is 3.70. The Balaban J connectivity index is 3.29. The topological polar surface area (TPSA) is 56.3 Å². The van der Waals surface area contributed by atoms with Gasteiger partial charge in [-0.1, -0.05) is 11.6 Å². The molecule has 1 atom stereocenters. The Morgan fingerprint density at radius 3 is 2.53 bits per heavy atom. The van der Waals surface area contributed by atoms with Crippen molar-refractivity contribution in [2.45, 2.75) is 18.1 Å². The van der Waals surface area contributed by atoms with E-state index in [0.29, 0.717) is 5.56 Å². The van der Waals surface area contributed by atoms with Gasteiger partial charge in [0.1, 0.15) is 5.15 Å². The minimum atomic E-state index is -3.34. The van der Waals surface area contributed by atoms with Crippen LogP contribution in [0.5, 0.6) is 0 Å².